The van der Waals surface area contributed by atoms with E-state index in [1.165, 1.54) is 12.5 Å². The number of hydrogen-bond donors (Lipinski definition) is 3. The highest BCUT2D eigenvalue weighted by molar-refractivity contribution is 6.02. The molecule has 2 atom stereocenters. The second-order valence-corrected chi connectivity index (χ2v) is 9.72. The third-order valence-electron chi connectivity index (χ3n) is 7.37. The molecule has 5 rings (SSSR count). The molecule has 0 bridgehead atoms. The number of carbonyl (C=O) groups excluding carboxylic acids is 2. The van der Waals surface area contributed by atoms with Crippen LogP contribution in [0.25, 0.3) is 10.9 Å². The van der Waals surface area contributed by atoms with Crippen LogP contribution in [-0.4, -0.2) is 28.3 Å². The van der Waals surface area contributed by atoms with Gasteiger partial charge in [0.15, 0.2) is 5.78 Å². The first-order valence-corrected chi connectivity index (χ1v) is 12.9. The van der Waals surface area contributed by atoms with Gasteiger partial charge in [-0.3, -0.25) is 9.59 Å². The van der Waals surface area contributed by atoms with Gasteiger partial charge in [0.25, 0.3) is 0 Å². The molecule has 4 aromatic rings. The Labute approximate surface area is 217 Å². The maximum Gasteiger partial charge on any atom is 0.216 e. The number of hydrogen-bond acceptors (Lipinski definition) is 3. The number of rotatable bonds is 8. The number of benzene rings is 3. The molecule has 2 unspecified atom stereocenters. The van der Waals surface area contributed by atoms with E-state index in [-0.39, 0.29) is 29.8 Å². The Morgan fingerprint density at radius 1 is 1.05 bits per heavy atom. The largest absolute Gasteiger partial charge is 0.511 e. The van der Waals surface area contributed by atoms with Gasteiger partial charge in [0.1, 0.15) is 5.76 Å². The number of carbonyl (C=O) groups is 2. The number of aliphatic hydroxyl groups excluding tert-OH is 1. The van der Waals surface area contributed by atoms with Crippen molar-refractivity contribution in [2.75, 3.05) is 6.54 Å². The topological polar surface area (TPSA) is 82.2 Å². The van der Waals surface area contributed by atoms with E-state index < -0.39 is 5.92 Å². The zero-order chi connectivity index (χ0) is 25.9. The summed E-state index contributed by atoms with van der Waals surface area (Å²) in [5.41, 5.74) is 6.48. The van der Waals surface area contributed by atoms with Crippen LogP contribution < -0.4 is 5.32 Å². The van der Waals surface area contributed by atoms with E-state index in [4.69, 9.17) is 0 Å². The van der Waals surface area contributed by atoms with Crippen LogP contribution in [0, 0.1) is 0 Å². The molecule has 3 aromatic carbocycles. The number of amides is 1. The van der Waals surface area contributed by atoms with Gasteiger partial charge < -0.3 is 15.4 Å². The number of ketones is 1. The highest BCUT2D eigenvalue weighted by atomic mass is 16.3. The molecule has 37 heavy (non-hydrogen) atoms. The Hall–Kier alpha value is -4.12. The predicted molar refractivity (Wildman–Crippen MR) is 147 cm³/mol. The number of H-pyrrole nitrogens is 1. The summed E-state index contributed by atoms with van der Waals surface area (Å²) in [7, 11) is 0. The average molecular weight is 493 g/mol. The van der Waals surface area contributed by atoms with Crippen molar-refractivity contribution in [3.8, 4) is 0 Å². The van der Waals surface area contributed by atoms with Gasteiger partial charge in [0.2, 0.25) is 5.91 Å². The van der Waals surface area contributed by atoms with Crippen LogP contribution in [0.3, 0.4) is 0 Å². The molecule has 1 amide bonds. The quantitative estimate of drug-likeness (QED) is 0.278. The van der Waals surface area contributed by atoms with Crippen molar-refractivity contribution >= 4 is 22.6 Å². The zero-order valence-corrected chi connectivity index (χ0v) is 21.3. The fraction of sp³-hybridized carbons (Fsp3) is 0.250. The SMILES string of the molecule is CCc1ccc2[nH]c(C(C3=C(O)C(c4ccccc4)CC3=O)c3ccccc3)c(CCNC(C)=O)c2c1. The van der Waals surface area contributed by atoms with Gasteiger partial charge in [-0.05, 0) is 47.2 Å². The molecule has 1 aromatic heterocycles. The normalized spacial score (nSPS) is 16.4. The van der Waals surface area contributed by atoms with Crippen molar-refractivity contribution in [2.24, 2.45) is 0 Å². The minimum absolute atomic E-state index is 0.0408. The summed E-state index contributed by atoms with van der Waals surface area (Å²) in [6.45, 7) is 4.13. The van der Waals surface area contributed by atoms with Crippen LogP contribution in [0.2, 0.25) is 0 Å². The van der Waals surface area contributed by atoms with Crippen LogP contribution in [-0.2, 0) is 22.4 Å². The van der Waals surface area contributed by atoms with Crippen molar-refractivity contribution in [3.05, 3.63) is 118 Å². The number of aromatic amines is 1. The van der Waals surface area contributed by atoms with E-state index in [0.717, 1.165) is 39.7 Å². The first-order valence-electron chi connectivity index (χ1n) is 12.9. The molecule has 0 radical (unpaired) electrons. The second-order valence-electron chi connectivity index (χ2n) is 9.72. The van der Waals surface area contributed by atoms with E-state index in [1.807, 2.05) is 60.7 Å². The fourth-order valence-electron chi connectivity index (χ4n) is 5.53. The lowest BCUT2D eigenvalue weighted by molar-refractivity contribution is -0.119. The molecule has 0 saturated heterocycles. The summed E-state index contributed by atoms with van der Waals surface area (Å²) in [5.74, 6) is -0.778. The molecule has 3 N–H and O–H groups in total. The summed E-state index contributed by atoms with van der Waals surface area (Å²) >= 11 is 0. The zero-order valence-electron chi connectivity index (χ0n) is 21.3. The molecule has 0 saturated carbocycles. The summed E-state index contributed by atoms with van der Waals surface area (Å²) in [6.07, 6.45) is 1.76. The van der Waals surface area contributed by atoms with E-state index >= 15 is 0 Å². The van der Waals surface area contributed by atoms with Gasteiger partial charge >= 0.3 is 0 Å². The molecule has 5 nitrogen and oxygen atoms in total. The number of Topliss-reactive ketones (excluding diaryl/α,β-unsaturated/α-hetero) is 1. The van der Waals surface area contributed by atoms with Crippen LogP contribution in [0.5, 0.6) is 0 Å². The van der Waals surface area contributed by atoms with Crippen molar-refractivity contribution in [2.45, 2.75) is 44.9 Å². The third-order valence-corrected chi connectivity index (χ3v) is 7.37. The van der Waals surface area contributed by atoms with E-state index in [0.29, 0.717) is 18.5 Å². The van der Waals surface area contributed by atoms with E-state index in [1.54, 1.807) is 0 Å². The van der Waals surface area contributed by atoms with Gasteiger partial charge in [-0.15, -0.1) is 0 Å². The summed E-state index contributed by atoms with van der Waals surface area (Å²) in [4.78, 5) is 28.9. The minimum Gasteiger partial charge on any atom is -0.511 e. The highest BCUT2D eigenvalue weighted by Gasteiger charge is 2.40. The van der Waals surface area contributed by atoms with E-state index in [9.17, 15) is 14.7 Å². The molecule has 5 heteroatoms. The van der Waals surface area contributed by atoms with Gasteiger partial charge in [-0.2, -0.15) is 0 Å². The summed E-state index contributed by atoms with van der Waals surface area (Å²) in [6, 6.07) is 26.0. The number of aromatic nitrogens is 1. The van der Waals surface area contributed by atoms with Crippen molar-refractivity contribution in [1.29, 1.82) is 0 Å². The molecular formula is C32H32N2O3. The van der Waals surface area contributed by atoms with Gasteiger partial charge in [-0.1, -0.05) is 73.7 Å². The van der Waals surface area contributed by atoms with Crippen LogP contribution >= 0.6 is 0 Å². The Morgan fingerprint density at radius 3 is 2.43 bits per heavy atom. The molecule has 1 aliphatic carbocycles. The summed E-state index contributed by atoms with van der Waals surface area (Å²) in [5, 5.41) is 15.6. The first-order chi connectivity index (χ1) is 18.0. The molecular weight excluding hydrogens is 460 g/mol. The lowest BCUT2D eigenvalue weighted by Crippen LogP contribution is -2.23. The van der Waals surface area contributed by atoms with Crippen LogP contribution in [0.1, 0.15) is 60.1 Å². The monoisotopic (exact) mass is 492 g/mol. The number of allylic oxidation sites excluding steroid dienone is 2. The molecule has 188 valence electrons. The van der Waals surface area contributed by atoms with Crippen molar-refractivity contribution in [3.63, 3.8) is 0 Å². The van der Waals surface area contributed by atoms with E-state index in [2.05, 4.69) is 35.4 Å². The van der Waals surface area contributed by atoms with Crippen LogP contribution in [0.4, 0.5) is 0 Å². The maximum atomic E-state index is 13.6. The van der Waals surface area contributed by atoms with Gasteiger partial charge in [-0.25, -0.2) is 0 Å². The molecule has 1 aliphatic rings. The molecule has 1 heterocycles. The summed E-state index contributed by atoms with van der Waals surface area (Å²) < 4.78 is 0. The number of fused-ring (bicyclic) bond motifs is 1. The van der Waals surface area contributed by atoms with Crippen molar-refractivity contribution in [1.82, 2.24) is 10.3 Å². The predicted octanol–water partition coefficient (Wildman–Crippen LogP) is 6.11. The van der Waals surface area contributed by atoms with Crippen molar-refractivity contribution < 1.29 is 14.7 Å². The Morgan fingerprint density at radius 2 is 1.76 bits per heavy atom. The average Bonchev–Trinajstić information content (AvgIpc) is 3.42. The fourth-order valence-corrected chi connectivity index (χ4v) is 5.53. The Balaban J connectivity index is 1.71. The highest BCUT2D eigenvalue weighted by Crippen LogP contribution is 2.46. The number of nitrogens with one attached hydrogen (secondary N) is 2. The molecule has 0 aliphatic heterocycles. The minimum atomic E-state index is -0.452. The lowest BCUT2D eigenvalue weighted by atomic mass is 9.84. The third kappa shape index (κ3) is 4.82. The molecule has 0 fully saturated rings. The number of aryl methyl sites for hydroxylation is 1. The smallest absolute Gasteiger partial charge is 0.216 e. The van der Waals surface area contributed by atoms with Crippen LogP contribution in [0.15, 0.2) is 90.2 Å². The number of aliphatic hydroxyl groups is 1. The Bertz CT molecular complexity index is 1470. The molecule has 0 spiro atoms. The maximum absolute atomic E-state index is 13.6. The lowest BCUT2D eigenvalue weighted by Gasteiger charge is -2.20. The standard InChI is InChI=1S/C32H32N2O3/c1-3-21-14-15-27-26(18-21)24(16-17-33-20(2)35)31(34-27)29(23-12-8-5-9-13-23)30-28(36)19-25(32(30)37)22-10-6-4-7-11-22/h4-15,18,25,29,34,37H,3,16-17,19H2,1-2H3,(H,33,35). The Kier molecular flexibility index (Phi) is 6.95. The second kappa shape index (κ2) is 10.5. The first kappa shape index (κ1) is 24.6. The van der Waals surface area contributed by atoms with Gasteiger partial charge in [0, 0.05) is 48.0 Å². The van der Waals surface area contributed by atoms with Gasteiger partial charge in [0.05, 0.1) is 5.92 Å².